The molecule has 0 radical (unpaired) electrons. The fourth-order valence-electron chi connectivity index (χ4n) is 3.18. The van der Waals surface area contributed by atoms with E-state index in [9.17, 15) is 0 Å². The van der Waals surface area contributed by atoms with Gasteiger partial charge >= 0.3 is 0 Å². The van der Waals surface area contributed by atoms with Crippen molar-refractivity contribution in [2.45, 2.75) is 73.3 Å². The molecule has 0 saturated carbocycles. The average Bonchev–Trinajstić information content (AvgIpc) is 2.36. The minimum atomic E-state index is 0.496. The average molecular weight is 283 g/mol. The Hall–Kier alpha value is -0.0800. The lowest BCUT2D eigenvalue weighted by Gasteiger charge is -2.38. The molecule has 1 aliphatic rings. The highest BCUT2D eigenvalue weighted by atomic mass is 15.1. The van der Waals surface area contributed by atoms with Crippen LogP contribution in [0.15, 0.2) is 0 Å². The molecule has 1 fully saturated rings. The van der Waals surface area contributed by atoms with Crippen molar-refractivity contribution in [3.63, 3.8) is 0 Å². The molecule has 2 heteroatoms. The van der Waals surface area contributed by atoms with Crippen molar-refractivity contribution >= 4 is 0 Å². The molecule has 0 aromatic heterocycles. The van der Waals surface area contributed by atoms with Crippen LogP contribution in [0.1, 0.15) is 67.2 Å². The summed E-state index contributed by atoms with van der Waals surface area (Å²) in [5.74, 6) is 1.74. The standard InChI is InChI=1S/C18H38N2/c1-15(2)7-8-16(3)19-11-14-20-12-9-17(10-13-20)18(4,5)6/h15-17,19H,7-14H2,1-6H3. The van der Waals surface area contributed by atoms with E-state index < -0.39 is 0 Å². The van der Waals surface area contributed by atoms with Gasteiger partial charge < -0.3 is 10.2 Å². The summed E-state index contributed by atoms with van der Waals surface area (Å²) < 4.78 is 0. The third kappa shape index (κ3) is 7.08. The lowest BCUT2D eigenvalue weighted by Crippen LogP contribution is -2.42. The van der Waals surface area contributed by atoms with Crippen molar-refractivity contribution in [1.29, 1.82) is 0 Å². The van der Waals surface area contributed by atoms with Gasteiger partial charge in [-0.25, -0.2) is 0 Å². The smallest absolute Gasteiger partial charge is 0.0107 e. The fourth-order valence-corrected chi connectivity index (χ4v) is 3.18. The van der Waals surface area contributed by atoms with Crippen LogP contribution in [0.2, 0.25) is 0 Å². The first-order chi connectivity index (χ1) is 9.29. The van der Waals surface area contributed by atoms with Gasteiger partial charge in [-0.1, -0.05) is 34.6 Å². The van der Waals surface area contributed by atoms with E-state index in [2.05, 4.69) is 51.8 Å². The minimum Gasteiger partial charge on any atom is -0.313 e. The van der Waals surface area contributed by atoms with E-state index in [4.69, 9.17) is 0 Å². The summed E-state index contributed by atoms with van der Waals surface area (Å²) >= 11 is 0. The topological polar surface area (TPSA) is 15.3 Å². The van der Waals surface area contributed by atoms with Gasteiger partial charge in [-0.3, -0.25) is 0 Å². The molecule has 1 unspecified atom stereocenters. The third-order valence-electron chi connectivity index (χ3n) is 4.91. The zero-order valence-corrected chi connectivity index (χ0v) is 14.8. The molecule has 0 aromatic rings. The summed E-state index contributed by atoms with van der Waals surface area (Å²) in [5.41, 5.74) is 0.496. The normalized spacial score (nSPS) is 20.6. The third-order valence-corrected chi connectivity index (χ3v) is 4.91. The van der Waals surface area contributed by atoms with Crippen molar-refractivity contribution in [3.05, 3.63) is 0 Å². The van der Waals surface area contributed by atoms with E-state index in [1.54, 1.807) is 0 Å². The van der Waals surface area contributed by atoms with E-state index in [-0.39, 0.29) is 0 Å². The van der Waals surface area contributed by atoms with Crippen LogP contribution in [0, 0.1) is 17.3 Å². The van der Waals surface area contributed by atoms with Gasteiger partial charge in [0.25, 0.3) is 0 Å². The predicted molar refractivity (Wildman–Crippen MR) is 90.2 cm³/mol. The molecule has 1 heterocycles. The maximum absolute atomic E-state index is 3.69. The van der Waals surface area contributed by atoms with Crippen molar-refractivity contribution in [3.8, 4) is 0 Å². The molecule has 1 N–H and O–H groups in total. The molecule has 0 amide bonds. The molecule has 0 spiro atoms. The van der Waals surface area contributed by atoms with Gasteiger partial charge in [0.2, 0.25) is 0 Å². The van der Waals surface area contributed by atoms with Crippen LogP contribution in [0.25, 0.3) is 0 Å². The second-order valence-corrected chi connectivity index (χ2v) is 8.31. The summed E-state index contributed by atoms with van der Waals surface area (Å²) in [6, 6.07) is 0.671. The van der Waals surface area contributed by atoms with Crippen LogP contribution < -0.4 is 5.32 Å². The maximum atomic E-state index is 3.69. The van der Waals surface area contributed by atoms with Crippen LogP contribution in [0.4, 0.5) is 0 Å². The summed E-state index contributed by atoms with van der Waals surface area (Å²) in [6.45, 7) is 19.1. The largest absolute Gasteiger partial charge is 0.313 e. The van der Waals surface area contributed by atoms with Crippen molar-refractivity contribution < 1.29 is 0 Å². The van der Waals surface area contributed by atoms with Crippen LogP contribution in [-0.2, 0) is 0 Å². The summed E-state index contributed by atoms with van der Waals surface area (Å²) in [6.07, 6.45) is 5.41. The molecule has 0 aromatic carbocycles. The van der Waals surface area contributed by atoms with Crippen LogP contribution in [-0.4, -0.2) is 37.1 Å². The quantitative estimate of drug-likeness (QED) is 0.754. The molecule has 1 rings (SSSR count). The Labute approximate surface area is 127 Å². The first-order valence-electron chi connectivity index (χ1n) is 8.74. The van der Waals surface area contributed by atoms with Crippen molar-refractivity contribution in [2.75, 3.05) is 26.2 Å². The highest BCUT2D eigenvalue weighted by Crippen LogP contribution is 2.33. The van der Waals surface area contributed by atoms with E-state index in [1.165, 1.54) is 45.3 Å². The van der Waals surface area contributed by atoms with Crippen LogP contribution in [0.3, 0.4) is 0 Å². The van der Waals surface area contributed by atoms with Gasteiger partial charge in [-0.2, -0.15) is 0 Å². The number of hydrogen-bond donors (Lipinski definition) is 1. The molecule has 1 aliphatic heterocycles. The van der Waals surface area contributed by atoms with Gasteiger partial charge in [-0.05, 0) is 62.9 Å². The minimum absolute atomic E-state index is 0.496. The van der Waals surface area contributed by atoms with Gasteiger partial charge in [0.1, 0.15) is 0 Å². The molecular formula is C18H38N2. The Bertz CT molecular complexity index is 247. The maximum Gasteiger partial charge on any atom is 0.0107 e. The zero-order valence-electron chi connectivity index (χ0n) is 14.8. The molecule has 1 saturated heterocycles. The van der Waals surface area contributed by atoms with Crippen molar-refractivity contribution in [1.82, 2.24) is 10.2 Å². The van der Waals surface area contributed by atoms with Crippen LogP contribution in [0.5, 0.6) is 0 Å². The van der Waals surface area contributed by atoms with Gasteiger partial charge in [0.05, 0.1) is 0 Å². The summed E-state index contributed by atoms with van der Waals surface area (Å²) in [4.78, 5) is 2.64. The molecule has 1 atom stereocenters. The summed E-state index contributed by atoms with van der Waals surface area (Å²) in [7, 11) is 0. The van der Waals surface area contributed by atoms with Crippen molar-refractivity contribution in [2.24, 2.45) is 17.3 Å². The lowest BCUT2D eigenvalue weighted by atomic mass is 9.75. The molecule has 20 heavy (non-hydrogen) atoms. The second kappa shape index (κ2) is 8.38. The first kappa shape index (κ1) is 18.0. The Morgan fingerprint density at radius 3 is 2.15 bits per heavy atom. The highest BCUT2D eigenvalue weighted by molar-refractivity contribution is 4.81. The Morgan fingerprint density at radius 1 is 1.05 bits per heavy atom. The molecule has 0 aliphatic carbocycles. The van der Waals surface area contributed by atoms with E-state index >= 15 is 0 Å². The number of rotatable bonds is 7. The lowest BCUT2D eigenvalue weighted by molar-refractivity contribution is 0.112. The fraction of sp³-hybridized carbons (Fsp3) is 1.00. The van der Waals surface area contributed by atoms with Gasteiger partial charge in [0, 0.05) is 19.1 Å². The molecule has 120 valence electrons. The second-order valence-electron chi connectivity index (χ2n) is 8.31. The van der Waals surface area contributed by atoms with Gasteiger partial charge in [-0.15, -0.1) is 0 Å². The highest BCUT2D eigenvalue weighted by Gasteiger charge is 2.28. The predicted octanol–water partition coefficient (Wildman–Crippen LogP) is 4.16. The Kier molecular flexibility index (Phi) is 7.53. The Morgan fingerprint density at radius 2 is 1.65 bits per heavy atom. The van der Waals surface area contributed by atoms with Crippen LogP contribution >= 0.6 is 0 Å². The zero-order chi connectivity index (χ0) is 15.2. The number of piperidine rings is 1. The van der Waals surface area contributed by atoms with E-state index in [0.29, 0.717) is 11.5 Å². The SMILES string of the molecule is CC(C)CCC(C)NCCN1CCC(C(C)(C)C)CC1. The molecule has 2 nitrogen and oxygen atoms in total. The first-order valence-corrected chi connectivity index (χ1v) is 8.74. The number of nitrogens with zero attached hydrogens (tertiary/aromatic N) is 1. The molecular weight excluding hydrogens is 244 g/mol. The van der Waals surface area contributed by atoms with Gasteiger partial charge in [0.15, 0.2) is 0 Å². The van der Waals surface area contributed by atoms with E-state index in [1.807, 2.05) is 0 Å². The van der Waals surface area contributed by atoms with E-state index in [0.717, 1.165) is 18.4 Å². The molecule has 0 bridgehead atoms. The number of likely N-dealkylation sites (tertiary alicyclic amines) is 1. The number of hydrogen-bond acceptors (Lipinski definition) is 2. The monoisotopic (exact) mass is 282 g/mol. The Balaban J connectivity index is 2.10. The summed E-state index contributed by atoms with van der Waals surface area (Å²) in [5, 5.41) is 3.69. The number of nitrogens with one attached hydrogen (secondary N) is 1.